The fourth-order valence-electron chi connectivity index (χ4n) is 3.56. The first-order valence-electron chi connectivity index (χ1n) is 10.5. The van der Waals surface area contributed by atoms with Gasteiger partial charge in [0.1, 0.15) is 11.5 Å². The van der Waals surface area contributed by atoms with Crippen LogP contribution in [0.3, 0.4) is 0 Å². The number of hydrogen-bond donors (Lipinski definition) is 2. The Morgan fingerprint density at radius 3 is 2.54 bits per heavy atom. The SMILES string of the molecule is CCCC(F)S(=O)(=O)Nc1ccc(F)c(C(=O)c2c[nH]c3ncc(-c4ccc(Cl)cc4)cc23)c1F. The Hall–Kier alpha value is -3.37. The molecule has 1 unspecified atom stereocenters. The Balaban J connectivity index is 1.75. The van der Waals surface area contributed by atoms with Crippen molar-refractivity contribution in [1.29, 1.82) is 0 Å². The van der Waals surface area contributed by atoms with Gasteiger partial charge in [-0.2, -0.15) is 0 Å². The Morgan fingerprint density at radius 1 is 1.14 bits per heavy atom. The van der Waals surface area contributed by atoms with Gasteiger partial charge in [0, 0.05) is 33.9 Å². The summed E-state index contributed by atoms with van der Waals surface area (Å²) in [6, 6.07) is 10.1. The quantitative estimate of drug-likeness (QED) is 0.269. The van der Waals surface area contributed by atoms with Gasteiger partial charge in [0.15, 0.2) is 5.82 Å². The summed E-state index contributed by atoms with van der Waals surface area (Å²) in [5, 5.41) is 0.842. The van der Waals surface area contributed by atoms with E-state index >= 15 is 4.39 Å². The summed E-state index contributed by atoms with van der Waals surface area (Å²) in [5.41, 5.74) is -2.37. The average Bonchev–Trinajstić information content (AvgIpc) is 3.25. The monoisotopic (exact) mass is 521 g/mol. The topological polar surface area (TPSA) is 91.9 Å². The zero-order valence-corrected chi connectivity index (χ0v) is 19.9. The number of benzene rings is 2. The summed E-state index contributed by atoms with van der Waals surface area (Å²) >= 11 is 5.93. The van der Waals surface area contributed by atoms with Gasteiger partial charge < -0.3 is 4.98 Å². The molecular weight excluding hydrogens is 503 g/mol. The van der Waals surface area contributed by atoms with Crippen LogP contribution < -0.4 is 4.72 Å². The molecule has 0 aliphatic carbocycles. The molecule has 0 aliphatic heterocycles. The number of nitrogens with zero attached hydrogens (tertiary/aromatic N) is 1. The summed E-state index contributed by atoms with van der Waals surface area (Å²) in [4.78, 5) is 20.3. The minimum atomic E-state index is -4.60. The van der Waals surface area contributed by atoms with Crippen LogP contribution in [0.2, 0.25) is 5.02 Å². The van der Waals surface area contributed by atoms with Crippen molar-refractivity contribution < 1.29 is 26.4 Å². The van der Waals surface area contributed by atoms with Crippen molar-refractivity contribution in [3.8, 4) is 11.1 Å². The van der Waals surface area contributed by atoms with Gasteiger partial charge in [0.25, 0.3) is 10.0 Å². The molecule has 2 N–H and O–H groups in total. The molecule has 4 aromatic rings. The third kappa shape index (κ3) is 4.89. The van der Waals surface area contributed by atoms with E-state index in [0.717, 1.165) is 17.7 Å². The maximum atomic E-state index is 15.2. The van der Waals surface area contributed by atoms with Crippen LogP contribution in [0.1, 0.15) is 35.7 Å². The van der Waals surface area contributed by atoms with Crippen LogP contribution in [-0.2, 0) is 10.0 Å². The molecule has 2 aromatic heterocycles. The van der Waals surface area contributed by atoms with Crippen LogP contribution in [0.25, 0.3) is 22.2 Å². The first kappa shape index (κ1) is 24.7. The number of sulfonamides is 1. The molecule has 0 saturated heterocycles. The van der Waals surface area contributed by atoms with Crippen LogP contribution >= 0.6 is 11.6 Å². The lowest BCUT2D eigenvalue weighted by molar-refractivity contribution is 0.103. The number of ketones is 1. The number of fused-ring (bicyclic) bond motifs is 1. The molecule has 0 saturated carbocycles. The molecule has 0 radical (unpaired) electrons. The molecule has 6 nitrogen and oxygen atoms in total. The zero-order valence-electron chi connectivity index (χ0n) is 18.3. The summed E-state index contributed by atoms with van der Waals surface area (Å²) in [5.74, 6) is -3.68. The zero-order chi connectivity index (χ0) is 25.3. The molecule has 1 atom stereocenters. The standard InChI is InChI=1S/C24H19ClF3N3O3S/c1-2-3-20(27)35(33,34)31-19-9-8-18(26)21(22(19)28)23(32)17-12-30-24-16(17)10-14(11-29-24)13-4-6-15(25)7-5-13/h4-12,20,31H,2-3H2,1H3,(H,29,30). The highest BCUT2D eigenvalue weighted by molar-refractivity contribution is 7.93. The number of carbonyl (C=O) groups is 1. The number of carbonyl (C=O) groups excluding carboxylic acids is 1. The molecule has 11 heteroatoms. The van der Waals surface area contributed by atoms with E-state index in [2.05, 4.69) is 9.97 Å². The number of H-pyrrole nitrogens is 1. The number of pyridine rings is 1. The van der Waals surface area contributed by atoms with E-state index in [1.165, 1.54) is 6.20 Å². The number of aromatic nitrogens is 2. The summed E-state index contributed by atoms with van der Waals surface area (Å²) in [6.45, 7) is 1.59. The smallest absolute Gasteiger partial charge is 0.265 e. The predicted octanol–water partition coefficient (Wildman–Crippen LogP) is 6.23. The molecule has 0 amide bonds. The highest BCUT2D eigenvalue weighted by Gasteiger charge is 2.29. The molecule has 0 fully saturated rings. The average molecular weight is 522 g/mol. The Labute approximate surface area is 204 Å². The second-order valence-corrected chi connectivity index (χ2v) is 10.0. The van der Waals surface area contributed by atoms with Crippen molar-refractivity contribution >= 4 is 44.1 Å². The predicted molar refractivity (Wildman–Crippen MR) is 129 cm³/mol. The van der Waals surface area contributed by atoms with Gasteiger partial charge in [0.2, 0.25) is 11.3 Å². The van der Waals surface area contributed by atoms with E-state index < -0.39 is 44.2 Å². The van der Waals surface area contributed by atoms with E-state index in [-0.39, 0.29) is 18.4 Å². The van der Waals surface area contributed by atoms with Crippen molar-refractivity contribution in [3.05, 3.63) is 82.6 Å². The first-order chi connectivity index (χ1) is 16.6. The number of rotatable bonds is 8. The van der Waals surface area contributed by atoms with Crippen LogP contribution in [0.5, 0.6) is 0 Å². The largest absolute Gasteiger partial charge is 0.345 e. The third-order valence-corrected chi connectivity index (χ3v) is 7.04. The minimum Gasteiger partial charge on any atom is -0.345 e. The van der Waals surface area contributed by atoms with Gasteiger partial charge in [-0.05, 0) is 42.3 Å². The second-order valence-electron chi connectivity index (χ2n) is 7.79. The maximum Gasteiger partial charge on any atom is 0.265 e. The summed E-state index contributed by atoms with van der Waals surface area (Å²) < 4.78 is 69.9. The number of hydrogen-bond acceptors (Lipinski definition) is 4. The summed E-state index contributed by atoms with van der Waals surface area (Å²) in [6.07, 6.45) is 2.77. The molecule has 2 aromatic carbocycles. The van der Waals surface area contributed by atoms with Gasteiger partial charge >= 0.3 is 0 Å². The number of alkyl halides is 1. The lowest BCUT2D eigenvalue weighted by atomic mass is 10.00. The van der Waals surface area contributed by atoms with E-state index in [9.17, 15) is 22.0 Å². The Morgan fingerprint density at radius 2 is 1.86 bits per heavy atom. The molecule has 35 heavy (non-hydrogen) atoms. The maximum absolute atomic E-state index is 15.2. The van der Waals surface area contributed by atoms with Crippen molar-refractivity contribution in [3.63, 3.8) is 0 Å². The van der Waals surface area contributed by atoms with Crippen LogP contribution in [-0.4, -0.2) is 29.7 Å². The second kappa shape index (κ2) is 9.71. The Kier molecular flexibility index (Phi) is 6.86. The fourth-order valence-corrected chi connectivity index (χ4v) is 4.83. The molecule has 0 bridgehead atoms. The Bertz CT molecular complexity index is 1520. The number of halogens is 4. The van der Waals surface area contributed by atoms with Crippen molar-refractivity contribution in [2.75, 3.05) is 4.72 Å². The lowest BCUT2D eigenvalue weighted by Crippen LogP contribution is -2.25. The van der Waals surface area contributed by atoms with Gasteiger partial charge in [-0.15, -0.1) is 0 Å². The minimum absolute atomic E-state index is 0.0736. The molecule has 2 heterocycles. The molecule has 4 rings (SSSR count). The number of aromatic amines is 1. The molecule has 182 valence electrons. The van der Waals surface area contributed by atoms with E-state index in [0.29, 0.717) is 21.6 Å². The lowest BCUT2D eigenvalue weighted by Gasteiger charge is -2.14. The first-order valence-corrected chi connectivity index (χ1v) is 12.5. The van der Waals surface area contributed by atoms with Gasteiger partial charge in [-0.3, -0.25) is 9.52 Å². The van der Waals surface area contributed by atoms with Crippen LogP contribution in [0.15, 0.2) is 54.9 Å². The van der Waals surface area contributed by atoms with Crippen LogP contribution in [0, 0.1) is 11.6 Å². The van der Waals surface area contributed by atoms with E-state index in [4.69, 9.17) is 11.6 Å². The third-order valence-electron chi connectivity index (χ3n) is 5.38. The summed E-state index contributed by atoms with van der Waals surface area (Å²) in [7, 11) is -4.60. The van der Waals surface area contributed by atoms with Gasteiger partial charge in [0.05, 0.1) is 11.3 Å². The highest BCUT2D eigenvalue weighted by Crippen LogP contribution is 2.30. The molecule has 0 aliphatic rings. The number of nitrogens with one attached hydrogen (secondary N) is 2. The molecular formula is C24H19ClF3N3O3S. The number of anilines is 1. The van der Waals surface area contributed by atoms with Crippen molar-refractivity contribution in [2.24, 2.45) is 0 Å². The van der Waals surface area contributed by atoms with Gasteiger partial charge in [-0.1, -0.05) is 37.1 Å². The fraction of sp³-hybridized carbons (Fsp3) is 0.167. The highest BCUT2D eigenvalue weighted by atomic mass is 35.5. The normalized spacial score (nSPS) is 12.6. The van der Waals surface area contributed by atoms with E-state index in [1.54, 1.807) is 48.2 Å². The van der Waals surface area contributed by atoms with Gasteiger partial charge in [-0.25, -0.2) is 26.6 Å². The van der Waals surface area contributed by atoms with Crippen molar-refractivity contribution in [2.45, 2.75) is 25.3 Å². The van der Waals surface area contributed by atoms with Crippen LogP contribution in [0.4, 0.5) is 18.9 Å². The van der Waals surface area contributed by atoms with E-state index in [1.807, 2.05) is 0 Å². The van der Waals surface area contributed by atoms with Crippen molar-refractivity contribution in [1.82, 2.24) is 9.97 Å². The molecule has 0 spiro atoms.